The second-order valence-electron chi connectivity index (χ2n) is 4.48. The molecule has 1 unspecified atom stereocenters. The van der Waals surface area contributed by atoms with E-state index < -0.39 is 0 Å². The van der Waals surface area contributed by atoms with Crippen LogP contribution in [0.15, 0.2) is 0 Å². The van der Waals surface area contributed by atoms with E-state index in [-0.39, 0.29) is 24.2 Å². The molecule has 16 heavy (non-hydrogen) atoms. The number of nitrogens with two attached hydrogens (primary N) is 1. The number of ether oxygens (including phenoxy) is 1. The molecule has 5 heteroatoms. The first-order valence-electron chi connectivity index (χ1n) is 5.68. The summed E-state index contributed by atoms with van der Waals surface area (Å²) in [6.45, 7) is 2.37. The van der Waals surface area contributed by atoms with Crippen molar-refractivity contribution in [1.29, 1.82) is 0 Å². The van der Waals surface area contributed by atoms with Crippen LogP contribution in [0.1, 0.15) is 32.6 Å². The van der Waals surface area contributed by atoms with Gasteiger partial charge in [0.1, 0.15) is 0 Å². The van der Waals surface area contributed by atoms with Crippen LogP contribution in [-0.4, -0.2) is 31.7 Å². The Morgan fingerprint density at radius 2 is 2.00 bits per heavy atom. The SMILES string of the molecule is COCC(C)C(=O)NC1CCC(N)CC1.Cl. The first-order chi connectivity index (χ1) is 7.13. The van der Waals surface area contributed by atoms with Crippen LogP contribution in [0.3, 0.4) is 0 Å². The normalized spacial score (nSPS) is 26.7. The summed E-state index contributed by atoms with van der Waals surface area (Å²) in [5.41, 5.74) is 5.80. The summed E-state index contributed by atoms with van der Waals surface area (Å²) < 4.78 is 4.95. The molecule has 1 atom stereocenters. The number of methoxy groups -OCH3 is 1. The van der Waals surface area contributed by atoms with Crippen LogP contribution in [0.4, 0.5) is 0 Å². The fraction of sp³-hybridized carbons (Fsp3) is 0.909. The molecule has 0 saturated heterocycles. The Balaban J connectivity index is 0.00000225. The molecule has 0 aromatic carbocycles. The van der Waals surface area contributed by atoms with Crippen molar-refractivity contribution in [2.45, 2.75) is 44.7 Å². The van der Waals surface area contributed by atoms with E-state index in [2.05, 4.69) is 5.32 Å². The average Bonchev–Trinajstić information content (AvgIpc) is 2.22. The molecule has 3 N–H and O–H groups in total. The largest absolute Gasteiger partial charge is 0.384 e. The Bertz CT molecular complexity index is 206. The number of halogens is 1. The lowest BCUT2D eigenvalue weighted by molar-refractivity contribution is -0.126. The highest BCUT2D eigenvalue weighted by Gasteiger charge is 2.22. The second-order valence-corrected chi connectivity index (χ2v) is 4.48. The van der Waals surface area contributed by atoms with Crippen LogP contribution in [0.25, 0.3) is 0 Å². The number of carbonyl (C=O) groups excluding carboxylic acids is 1. The summed E-state index contributed by atoms with van der Waals surface area (Å²) in [7, 11) is 1.61. The molecule has 1 fully saturated rings. The molecule has 0 heterocycles. The van der Waals surface area contributed by atoms with Gasteiger partial charge >= 0.3 is 0 Å². The second kappa shape index (κ2) is 7.87. The third-order valence-corrected chi connectivity index (χ3v) is 2.98. The van der Waals surface area contributed by atoms with Crippen molar-refractivity contribution in [1.82, 2.24) is 5.32 Å². The fourth-order valence-corrected chi connectivity index (χ4v) is 1.93. The van der Waals surface area contributed by atoms with Gasteiger partial charge in [0.25, 0.3) is 0 Å². The zero-order chi connectivity index (χ0) is 11.3. The van der Waals surface area contributed by atoms with Crippen molar-refractivity contribution >= 4 is 18.3 Å². The van der Waals surface area contributed by atoms with Gasteiger partial charge in [0.2, 0.25) is 5.91 Å². The van der Waals surface area contributed by atoms with Gasteiger partial charge in [0.05, 0.1) is 12.5 Å². The number of carbonyl (C=O) groups is 1. The zero-order valence-electron chi connectivity index (χ0n) is 10.1. The van der Waals surface area contributed by atoms with Crippen LogP contribution in [0.5, 0.6) is 0 Å². The van der Waals surface area contributed by atoms with Gasteiger partial charge in [-0.05, 0) is 25.7 Å². The molecular weight excluding hydrogens is 228 g/mol. The summed E-state index contributed by atoms with van der Waals surface area (Å²) >= 11 is 0. The molecule has 1 aliphatic rings. The maximum atomic E-state index is 11.7. The highest BCUT2D eigenvalue weighted by Crippen LogP contribution is 2.17. The molecule has 96 valence electrons. The van der Waals surface area contributed by atoms with Gasteiger partial charge in [-0.1, -0.05) is 6.92 Å². The summed E-state index contributed by atoms with van der Waals surface area (Å²) in [5, 5.41) is 3.05. The third kappa shape index (κ3) is 5.14. The van der Waals surface area contributed by atoms with Crippen LogP contribution in [-0.2, 0) is 9.53 Å². The fourth-order valence-electron chi connectivity index (χ4n) is 1.93. The van der Waals surface area contributed by atoms with E-state index in [1.54, 1.807) is 7.11 Å². The third-order valence-electron chi connectivity index (χ3n) is 2.98. The van der Waals surface area contributed by atoms with E-state index in [0.29, 0.717) is 18.7 Å². The molecule has 0 aliphatic heterocycles. The monoisotopic (exact) mass is 250 g/mol. The van der Waals surface area contributed by atoms with Crippen LogP contribution >= 0.6 is 12.4 Å². The van der Waals surface area contributed by atoms with Gasteiger partial charge in [0, 0.05) is 19.2 Å². The van der Waals surface area contributed by atoms with Crippen molar-refractivity contribution in [2.24, 2.45) is 11.7 Å². The van der Waals surface area contributed by atoms with Crippen molar-refractivity contribution in [3.63, 3.8) is 0 Å². The lowest BCUT2D eigenvalue weighted by Crippen LogP contribution is -2.43. The summed E-state index contributed by atoms with van der Waals surface area (Å²) in [6.07, 6.45) is 4.05. The van der Waals surface area contributed by atoms with Crippen LogP contribution in [0.2, 0.25) is 0 Å². The zero-order valence-corrected chi connectivity index (χ0v) is 10.9. The predicted molar refractivity (Wildman–Crippen MR) is 66.7 cm³/mol. The maximum Gasteiger partial charge on any atom is 0.225 e. The van der Waals surface area contributed by atoms with Gasteiger partial charge in [-0.2, -0.15) is 0 Å². The molecule has 1 saturated carbocycles. The molecule has 1 aliphatic carbocycles. The molecule has 0 spiro atoms. The quantitative estimate of drug-likeness (QED) is 0.785. The van der Waals surface area contributed by atoms with Gasteiger partial charge in [-0.15, -0.1) is 12.4 Å². The smallest absolute Gasteiger partial charge is 0.225 e. The van der Waals surface area contributed by atoms with Gasteiger partial charge in [-0.25, -0.2) is 0 Å². The van der Waals surface area contributed by atoms with Crippen LogP contribution in [0, 0.1) is 5.92 Å². The molecule has 1 rings (SSSR count). The average molecular weight is 251 g/mol. The lowest BCUT2D eigenvalue weighted by atomic mass is 9.91. The molecule has 4 nitrogen and oxygen atoms in total. The van der Waals surface area contributed by atoms with Crippen molar-refractivity contribution < 1.29 is 9.53 Å². The van der Waals surface area contributed by atoms with E-state index in [4.69, 9.17) is 10.5 Å². The Labute approximate surface area is 104 Å². The summed E-state index contributed by atoms with van der Waals surface area (Å²) in [4.78, 5) is 11.7. The predicted octanol–water partition coefficient (Wildman–Crippen LogP) is 1.08. The van der Waals surface area contributed by atoms with E-state index in [9.17, 15) is 4.79 Å². The topological polar surface area (TPSA) is 64.3 Å². The Morgan fingerprint density at radius 1 is 1.44 bits per heavy atom. The highest BCUT2D eigenvalue weighted by atomic mass is 35.5. The van der Waals surface area contributed by atoms with Gasteiger partial charge < -0.3 is 15.8 Å². The Morgan fingerprint density at radius 3 is 2.50 bits per heavy atom. The highest BCUT2D eigenvalue weighted by molar-refractivity contribution is 5.85. The van der Waals surface area contributed by atoms with E-state index in [1.165, 1.54) is 0 Å². The molecule has 0 aromatic heterocycles. The van der Waals surface area contributed by atoms with Crippen molar-refractivity contribution in [2.75, 3.05) is 13.7 Å². The Kier molecular flexibility index (Phi) is 7.72. The summed E-state index contributed by atoms with van der Waals surface area (Å²) in [6, 6.07) is 0.645. The van der Waals surface area contributed by atoms with E-state index >= 15 is 0 Å². The van der Waals surface area contributed by atoms with Crippen LogP contribution < -0.4 is 11.1 Å². The minimum atomic E-state index is -0.0643. The number of nitrogens with one attached hydrogen (secondary N) is 1. The lowest BCUT2D eigenvalue weighted by Gasteiger charge is -2.27. The molecular formula is C11H23ClN2O2. The van der Waals surface area contributed by atoms with Crippen molar-refractivity contribution in [3.8, 4) is 0 Å². The standard InChI is InChI=1S/C11H22N2O2.ClH/c1-8(7-15-2)11(14)13-10-5-3-9(12)4-6-10;/h8-10H,3-7,12H2,1-2H3,(H,13,14);1H. The first kappa shape index (κ1) is 15.7. The minimum absolute atomic E-state index is 0. The molecule has 1 amide bonds. The first-order valence-corrected chi connectivity index (χ1v) is 5.68. The number of rotatable bonds is 4. The van der Waals surface area contributed by atoms with Gasteiger partial charge in [-0.3, -0.25) is 4.79 Å². The summed E-state index contributed by atoms with van der Waals surface area (Å²) in [5.74, 6) is 0.0305. The number of hydrogen-bond acceptors (Lipinski definition) is 3. The molecule has 0 bridgehead atoms. The van der Waals surface area contributed by atoms with Crippen molar-refractivity contribution in [3.05, 3.63) is 0 Å². The number of hydrogen-bond donors (Lipinski definition) is 2. The molecule has 0 radical (unpaired) electrons. The van der Waals surface area contributed by atoms with E-state index in [1.807, 2.05) is 6.92 Å². The van der Waals surface area contributed by atoms with Gasteiger partial charge in [0.15, 0.2) is 0 Å². The maximum absolute atomic E-state index is 11.7. The minimum Gasteiger partial charge on any atom is -0.384 e. The Hall–Kier alpha value is -0.320. The number of amides is 1. The van der Waals surface area contributed by atoms with E-state index in [0.717, 1.165) is 25.7 Å². The molecule has 0 aromatic rings.